The molecule has 0 saturated carbocycles. The number of furan rings is 1. The zero-order valence-electron chi connectivity index (χ0n) is 21.2. The molecule has 3 nitrogen and oxygen atoms in total. The van der Waals surface area contributed by atoms with Gasteiger partial charge in [-0.15, -0.1) is 0 Å². The van der Waals surface area contributed by atoms with Gasteiger partial charge in [0.2, 0.25) is 0 Å². The van der Waals surface area contributed by atoms with Crippen LogP contribution in [0.25, 0.3) is 50.1 Å². The Labute approximate surface area is 212 Å². The monoisotopic (exact) mass is 470 g/mol. The predicted molar refractivity (Wildman–Crippen MR) is 150 cm³/mol. The smallest absolute Gasteiger partial charge is 0.144 e. The van der Waals surface area contributed by atoms with Gasteiger partial charge in [0.25, 0.3) is 0 Å². The van der Waals surface area contributed by atoms with Crippen LogP contribution in [-0.2, 0) is 0 Å². The average Bonchev–Trinajstić information content (AvgIpc) is 3.52. The summed E-state index contributed by atoms with van der Waals surface area (Å²) in [7, 11) is 0. The molecule has 4 aromatic carbocycles. The van der Waals surface area contributed by atoms with Crippen molar-refractivity contribution in [2.45, 2.75) is 39.5 Å². The largest absolute Gasteiger partial charge is 0.456 e. The lowest BCUT2D eigenvalue weighted by atomic mass is 9.88. The van der Waals surface area contributed by atoms with Crippen molar-refractivity contribution < 1.29 is 4.42 Å². The summed E-state index contributed by atoms with van der Waals surface area (Å²) in [5.41, 5.74) is 9.24. The number of imidazole rings is 1. The lowest BCUT2D eigenvalue weighted by Crippen LogP contribution is -2.08. The van der Waals surface area contributed by atoms with Crippen LogP contribution in [0.1, 0.15) is 50.7 Å². The van der Waals surface area contributed by atoms with E-state index in [4.69, 9.17) is 9.40 Å². The zero-order valence-corrected chi connectivity index (χ0v) is 21.2. The Morgan fingerprint density at radius 2 is 1.31 bits per heavy atom. The summed E-state index contributed by atoms with van der Waals surface area (Å²) in [6.07, 6.45) is 4.00. The van der Waals surface area contributed by atoms with E-state index in [9.17, 15) is 0 Å². The lowest BCUT2D eigenvalue weighted by molar-refractivity contribution is 0.669. The van der Waals surface area contributed by atoms with Gasteiger partial charge in [-0.05, 0) is 64.4 Å². The van der Waals surface area contributed by atoms with Crippen molar-refractivity contribution >= 4 is 21.9 Å². The van der Waals surface area contributed by atoms with E-state index in [-0.39, 0.29) is 0 Å². The normalized spacial score (nSPS) is 11.8. The van der Waals surface area contributed by atoms with Crippen LogP contribution in [0.15, 0.2) is 102 Å². The maximum atomic E-state index is 6.20. The fourth-order valence-electron chi connectivity index (χ4n) is 5.20. The molecule has 0 spiro atoms. The van der Waals surface area contributed by atoms with Gasteiger partial charge in [-0.25, -0.2) is 4.98 Å². The molecule has 0 radical (unpaired) electrons. The number of hydrogen-bond acceptors (Lipinski definition) is 2. The first kappa shape index (κ1) is 22.4. The predicted octanol–water partition coefficient (Wildman–Crippen LogP) is 9.35. The van der Waals surface area contributed by atoms with Crippen LogP contribution >= 0.6 is 0 Å². The van der Waals surface area contributed by atoms with Crippen LogP contribution < -0.4 is 0 Å². The third-order valence-electron chi connectivity index (χ3n) is 7.04. The van der Waals surface area contributed by atoms with Gasteiger partial charge in [-0.2, -0.15) is 0 Å². The third kappa shape index (κ3) is 3.72. The molecule has 2 heterocycles. The Hall–Kier alpha value is -4.11. The number of fused-ring (bicyclic) bond motifs is 3. The number of nitrogens with zero attached hydrogens (tertiary/aromatic N) is 2. The van der Waals surface area contributed by atoms with Crippen molar-refractivity contribution in [1.82, 2.24) is 9.55 Å². The van der Waals surface area contributed by atoms with Gasteiger partial charge in [-0.3, -0.25) is 4.57 Å². The fraction of sp³-hybridized carbons (Fsp3) is 0.182. The molecule has 6 aromatic rings. The first-order valence-electron chi connectivity index (χ1n) is 12.7. The van der Waals surface area contributed by atoms with Crippen molar-refractivity contribution in [3.05, 3.63) is 108 Å². The molecule has 0 saturated heterocycles. The van der Waals surface area contributed by atoms with Crippen LogP contribution in [0, 0.1) is 0 Å². The molecule has 6 rings (SSSR count). The van der Waals surface area contributed by atoms with E-state index in [1.165, 1.54) is 27.9 Å². The molecule has 36 heavy (non-hydrogen) atoms. The second-order valence-corrected chi connectivity index (χ2v) is 10.1. The lowest BCUT2D eigenvalue weighted by Gasteiger charge is -2.23. The maximum absolute atomic E-state index is 6.20. The van der Waals surface area contributed by atoms with Gasteiger partial charge in [0, 0.05) is 28.7 Å². The van der Waals surface area contributed by atoms with Crippen LogP contribution in [0.3, 0.4) is 0 Å². The van der Waals surface area contributed by atoms with Gasteiger partial charge in [0.05, 0.1) is 5.69 Å². The Balaban J connectivity index is 1.56. The highest BCUT2D eigenvalue weighted by molar-refractivity contribution is 6.05. The van der Waals surface area contributed by atoms with E-state index in [0.29, 0.717) is 11.8 Å². The maximum Gasteiger partial charge on any atom is 0.144 e. The van der Waals surface area contributed by atoms with Gasteiger partial charge in [0.15, 0.2) is 0 Å². The molecular formula is C33H30N2O. The molecule has 0 N–H and O–H groups in total. The standard InChI is InChI=1S/C33H30N2O/c1-21(2)28-18-25(24-14-15-27-26-12-8-9-13-30(26)36-31(27)20-24)19-29(22(3)4)32(28)35-17-16-34-33(35)23-10-6-5-7-11-23/h5-22H,1-4H3. The fourth-order valence-corrected chi connectivity index (χ4v) is 5.20. The Morgan fingerprint density at radius 3 is 2.03 bits per heavy atom. The minimum Gasteiger partial charge on any atom is -0.456 e. The molecule has 178 valence electrons. The number of benzene rings is 4. The van der Waals surface area contributed by atoms with E-state index in [1.54, 1.807) is 0 Å². The molecule has 0 amide bonds. The molecule has 0 fully saturated rings. The van der Waals surface area contributed by atoms with Crippen molar-refractivity contribution in [2.75, 3.05) is 0 Å². The molecule has 0 aliphatic rings. The topological polar surface area (TPSA) is 31.0 Å². The van der Waals surface area contributed by atoms with E-state index in [0.717, 1.165) is 33.3 Å². The van der Waals surface area contributed by atoms with E-state index in [2.05, 4.69) is 105 Å². The Bertz CT molecular complexity index is 1660. The van der Waals surface area contributed by atoms with Crippen LogP contribution in [0.2, 0.25) is 0 Å². The third-order valence-corrected chi connectivity index (χ3v) is 7.04. The highest BCUT2D eigenvalue weighted by atomic mass is 16.3. The summed E-state index contributed by atoms with van der Waals surface area (Å²) < 4.78 is 8.48. The van der Waals surface area contributed by atoms with Crippen LogP contribution in [0.4, 0.5) is 0 Å². The number of hydrogen-bond donors (Lipinski definition) is 0. The molecule has 0 aliphatic heterocycles. The van der Waals surface area contributed by atoms with E-state index < -0.39 is 0 Å². The zero-order chi connectivity index (χ0) is 24.8. The Kier molecular flexibility index (Phi) is 5.49. The SMILES string of the molecule is CC(C)c1cc(-c2ccc3c(c2)oc2ccccc23)cc(C(C)C)c1-n1ccnc1-c1ccccc1. The summed E-state index contributed by atoms with van der Waals surface area (Å²) in [6, 6.07) is 30.0. The summed E-state index contributed by atoms with van der Waals surface area (Å²) >= 11 is 0. The quantitative estimate of drug-likeness (QED) is 0.251. The van der Waals surface area contributed by atoms with Crippen molar-refractivity contribution in [3.63, 3.8) is 0 Å². The number of rotatable bonds is 5. The minimum atomic E-state index is 0.346. The van der Waals surface area contributed by atoms with Crippen molar-refractivity contribution in [3.8, 4) is 28.2 Å². The van der Waals surface area contributed by atoms with Crippen LogP contribution in [0.5, 0.6) is 0 Å². The molecule has 0 bridgehead atoms. The molecule has 0 unspecified atom stereocenters. The highest BCUT2D eigenvalue weighted by Gasteiger charge is 2.21. The molecule has 2 aromatic heterocycles. The van der Waals surface area contributed by atoms with Gasteiger partial charge < -0.3 is 4.42 Å². The van der Waals surface area contributed by atoms with Gasteiger partial charge >= 0.3 is 0 Å². The summed E-state index contributed by atoms with van der Waals surface area (Å²) in [6.45, 7) is 9.09. The van der Waals surface area contributed by atoms with E-state index >= 15 is 0 Å². The number of para-hydroxylation sites is 1. The first-order valence-corrected chi connectivity index (χ1v) is 12.7. The van der Waals surface area contributed by atoms with Crippen molar-refractivity contribution in [2.24, 2.45) is 0 Å². The summed E-state index contributed by atoms with van der Waals surface area (Å²) in [4.78, 5) is 4.75. The minimum absolute atomic E-state index is 0.346. The molecule has 0 aliphatic carbocycles. The summed E-state index contributed by atoms with van der Waals surface area (Å²) in [5, 5.41) is 2.32. The highest BCUT2D eigenvalue weighted by Crippen LogP contribution is 2.39. The molecule has 3 heteroatoms. The molecule has 0 atom stereocenters. The van der Waals surface area contributed by atoms with E-state index in [1.807, 2.05) is 24.4 Å². The van der Waals surface area contributed by atoms with Gasteiger partial charge in [0.1, 0.15) is 17.0 Å². The van der Waals surface area contributed by atoms with Crippen molar-refractivity contribution in [1.29, 1.82) is 0 Å². The van der Waals surface area contributed by atoms with Gasteiger partial charge in [-0.1, -0.05) is 82.3 Å². The van der Waals surface area contributed by atoms with Crippen LogP contribution in [-0.4, -0.2) is 9.55 Å². The average molecular weight is 471 g/mol. The first-order chi connectivity index (χ1) is 17.5. The molecular weight excluding hydrogens is 440 g/mol. The second-order valence-electron chi connectivity index (χ2n) is 10.1. The summed E-state index contributed by atoms with van der Waals surface area (Å²) in [5.74, 6) is 1.66. The second kappa shape index (κ2) is 8.83. The Morgan fingerprint density at radius 1 is 0.639 bits per heavy atom. The number of aromatic nitrogens is 2.